The van der Waals surface area contributed by atoms with E-state index in [1.807, 2.05) is 18.2 Å². The van der Waals surface area contributed by atoms with E-state index in [4.69, 9.17) is 11.6 Å². The van der Waals surface area contributed by atoms with Crippen LogP contribution in [-0.2, 0) is 0 Å². The van der Waals surface area contributed by atoms with Gasteiger partial charge >= 0.3 is 0 Å². The first kappa shape index (κ1) is 9.09. The lowest BCUT2D eigenvalue weighted by atomic mass is 10.1. The van der Waals surface area contributed by atoms with Gasteiger partial charge in [-0.25, -0.2) is 14.4 Å². The fourth-order valence-electron chi connectivity index (χ4n) is 1.15. The van der Waals surface area contributed by atoms with Gasteiger partial charge in [0.25, 0.3) is 0 Å². The predicted octanol–water partition coefficient (Wildman–Crippen LogP) is 2.94. The van der Waals surface area contributed by atoms with Gasteiger partial charge in [0.15, 0.2) is 11.0 Å². The molecule has 0 N–H and O–H groups in total. The van der Waals surface area contributed by atoms with E-state index in [9.17, 15) is 4.39 Å². The molecule has 0 aliphatic carbocycles. The minimum atomic E-state index is -0.583. The summed E-state index contributed by atoms with van der Waals surface area (Å²) in [7, 11) is 0. The molecule has 0 radical (unpaired) electrons. The van der Waals surface area contributed by atoms with Crippen LogP contribution in [0.5, 0.6) is 0 Å². The van der Waals surface area contributed by atoms with Crippen molar-refractivity contribution in [2.75, 3.05) is 0 Å². The molecule has 14 heavy (non-hydrogen) atoms. The third kappa shape index (κ3) is 1.59. The SMILES string of the molecule is Fc1c(Cl)ncnc1-c1ccccc1. The first-order chi connectivity index (χ1) is 6.79. The number of rotatable bonds is 1. The fraction of sp³-hybridized carbons (Fsp3) is 0. The van der Waals surface area contributed by atoms with E-state index in [0.717, 1.165) is 0 Å². The lowest BCUT2D eigenvalue weighted by molar-refractivity contribution is 0.618. The molecule has 1 aromatic carbocycles. The summed E-state index contributed by atoms with van der Waals surface area (Å²) in [5, 5.41) is -0.154. The third-order valence-corrected chi connectivity index (χ3v) is 2.06. The van der Waals surface area contributed by atoms with E-state index in [-0.39, 0.29) is 10.8 Å². The van der Waals surface area contributed by atoms with Crippen LogP contribution < -0.4 is 0 Å². The molecular weight excluding hydrogens is 203 g/mol. The summed E-state index contributed by atoms with van der Waals surface area (Å²) >= 11 is 5.54. The summed E-state index contributed by atoms with van der Waals surface area (Å²) in [4.78, 5) is 7.38. The third-order valence-electron chi connectivity index (χ3n) is 1.79. The molecule has 2 nitrogen and oxygen atoms in total. The second-order valence-electron chi connectivity index (χ2n) is 2.69. The summed E-state index contributed by atoms with van der Waals surface area (Å²) in [5.41, 5.74) is 0.917. The van der Waals surface area contributed by atoms with Crippen molar-refractivity contribution in [2.45, 2.75) is 0 Å². The molecule has 1 aromatic heterocycles. The highest BCUT2D eigenvalue weighted by Gasteiger charge is 2.10. The van der Waals surface area contributed by atoms with E-state index in [2.05, 4.69) is 9.97 Å². The first-order valence-corrected chi connectivity index (χ1v) is 4.38. The molecule has 0 amide bonds. The lowest BCUT2D eigenvalue weighted by Crippen LogP contribution is -1.92. The molecule has 0 bridgehead atoms. The minimum absolute atomic E-state index is 0.154. The van der Waals surface area contributed by atoms with Crippen LogP contribution in [0.25, 0.3) is 11.3 Å². The maximum absolute atomic E-state index is 13.4. The van der Waals surface area contributed by atoms with Crippen molar-refractivity contribution >= 4 is 11.6 Å². The van der Waals surface area contributed by atoms with Gasteiger partial charge in [-0.15, -0.1) is 0 Å². The van der Waals surface area contributed by atoms with Crippen molar-refractivity contribution in [1.29, 1.82) is 0 Å². The molecule has 2 aromatic rings. The largest absolute Gasteiger partial charge is 0.233 e. The van der Waals surface area contributed by atoms with Gasteiger partial charge in [0, 0.05) is 5.56 Å². The van der Waals surface area contributed by atoms with Crippen molar-refractivity contribution in [3.8, 4) is 11.3 Å². The quantitative estimate of drug-likeness (QED) is 0.674. The van der Waals surface area contributed by atoms with Crippen LogP contribution >= 0.6 is 11.6 Å². The predicted molar refractivity (Wildman–Crippen MR) is 52.4 cm³/mol. The molecule has 4 heteroatoms. The highest BCUT2D eigenvalue weighted by Crippen LogP contribution is 2.22. The smallest absolute Gasteiger partial charge is 0.186 e. The molecule has 0 fully saturated rings. The zero-order chi connectivity index (χ0) is 9.97. The average Bonchev–Trinajstić information content (AvgIpc) is 2.23. The van der Waals surface area contributed by atoms with Gasteiger partial charge in [-0.05, 0) is 0 Å². The minimum Gasteiger partial charge on any atom is -0.233 e. The number of aromatic nitrogens is 2. The molecule has 0 unspecified atom stereocenters. The monoisotopic (exact) mass is 208 g/mol. The van der Waals surface area contributed by atoms with E-state index in [1.165, 1.54) is 6.33 Å². The van der Waals surface area contributed by atoms with E-state index in [1.54, 1.807) is 12.1 Å². The second-order valence-corrected chi connectivity index (χ2v) is 3.05. The van der Waals surface area contributed by atoms with Gasteiger partial charge in [0.1, 0.15) is 12.0 Å². The Balaban J connectivity index is 2.58. The van der Waals surface area contributed by atoms with Gasteiger partial charge in [-0.1, -0.05) is 41.9 Å². The molecule has 70 valence electrons. The molecule has 0 aliphatic heterocycles. The first-order valence-electron chi connectivity index (χ1n) is 4.00. The lowest BCUT2D eigenvalue weighted by Gasteiger charge is -2.01. The summed E-state index contributed by atoms with van der Waals surface area (Å²) in [6.07, 6.45) is 1.24. The highest BCUT2D eigenvalue weighted by atomic mass is 35.5. The Labute approximate surface area is 85.4 Å². The number of benzene rings is 1. The van der Waals surface area contributed by atoms with E-state index < -0.39 is 5.82 Å². The maximum atomic E-state index is 13.4. The Morgan fingerprint density at radius 3 is 2.50 bits per heavy atom. The van der Waals surface area contributed by atoms with Gasteiger partial charge in [-0.3, -0.25) is 0 Å². The Bertz CT molecular complexity index is 445. The summed E-state index contributed by atoms with van der Waals surface area (Å²) in [6, 6.07) is 9.00. The van der Waals surface area contributed by atoms with Gasteiger partial charge in [-0.2, -0.15) is 0 Å². The standard InChI is InChI=1S/C10H6ClFN2/c11-10-8(12)9(13-6-14-10)7-4-2-1-3-5-7/h1-6H. The van der Waals surface area contributed by atoms with Crippen molar-refractivity contribution in [2.24, 2.45) is 0 Å². The van der Waals surface area contributed by atoms with Crippen LogP contribution in [0.3, 0.4) is 0 Å². The zero-order valence-corrected chi connectivity index (χ0v) is 7.87. The second kappa shape index (κ2) is 3.72. The topological polar surface area (TPSA) is 25.8 Å². The molecule has 0 saturated heterocycles. The molecular formula is C10H6ClFN2. The Morgan fingerprint density at radius 2 is 1.79 bits per heavy atom. The van der Waals surface area contributed by atoms with Crippen molar-refractivity contribution in [3.05, 3.63) is 47.6 Å². The number of hydrogen-bond donors (Lipinski definition) is 0. The van der Waals surface area contributed by atoms with Gasteiger partial charge < -0.3 is 0 Å². The van der Waals surface area contributed by atoms with Crippen molar-refractivity contribution in [3.63, 3.8) is 0 Å². The average molecular weight is 209 g/mol. The number of nitrogens with zero attached hydrogens (tertiary/aromatic N) is 2. The Hall–Kier alpha value is -1.48. The normalized spacial score (nSPS) is 10.1. The summed E-state index contributed by atoms with van der Waals surface area (Å²) < 4.78 is 13.4. The molecule has 0 saturated carbocycles. The number of hydrogen-bond acceptors (Lipinski definition) is 2. The maximum Gasteiger partial charge on any atom is 0.186 e. The molecule has 2 rings (SSSR count). The highest BCUT2D eigenvalue weighted by molar-refractivity contribution is 6.29. The van der Waals surface area contributed by atoms with Crippen molar-refractivity contribution < 1.29 is 4.39 Å². The fourth-order valence-corrected chi connectivity index (χ4v) is 1.28. The van der Waals surface area contributed by atoms with Crippen LogP contribution in [-0.4, -0.2) is 9.97 Å². The van der Waals surface area contributed by atoms with Crippen LogP contribution in [0.1, 0.15) is 0 Å². The molecule has 1 heterocycles. The zero-order valence-electron chi connectivity index (χ0n) is 7.11. The van der Waals surface area contributed by atoms with Crippen LogP contribution in [0.2, 0.25) is 5.15 Å². The summed E-state index contributed by atoms with van der Waals surface area (Å²) in [6.45, 7) is 0. The Kier molecular flexibility index (Phi) is 2.41. The molecule has 0 spiro atoms. The van der Waals surface area contributed by atoms with Crippen LogP contribution in [0.4, 0.5) is 4.39 Å². The molecule has 0 aliphatic rings. The van der Waals surface area contributed by atoms with Crippen LogP contribution in [0, 0.1) is 5.82 Å². The molecule has 0 atom stereocenters. The number of halogens is 2. The van der Waals surface area contributed by atoms with Gasteiger partial charge in [0.05, 0.1) is 0 Å². The Morgan fingerprint density at radius 1 is 1.07 bits per heavy atom. The van der Waals surface area contributed by atoms with E-state index in [0.29, 0.717) is 5.56 Å². The van der Waals surface area contributed by atoms with Gasteiger partial charge in [0.2, 0.25) is 0 Å². The van der Waals surface area contributed by atoms with Crippen LogP contribution in [0.15, 0.2) is 36.7 Å². The van der Waals surface area contributed by atoms with E-state index >= 15 is 0 Å². The summed E-state index contributed by atoms with van der Waals surface area (Å²) in [5.74, 6) is -0.583. The van der Waals surface area contributed by atoms with Crippen molar-refractivity contribution in [1.82, 2.24) is 9.97 Å².